The van der Waals surface area contributed by atoms with E-state index >= 15 is 0 Å². The predicted octanol–water partition coefficient (Wildman–Crippen LogP) is 2.26. The van der Waals surface area contributed by atoms with Gasteiger partial charge in [0.05, 0.1) is 0 Å². The van der Waals surface area contributed by atoms with Gasteiger partial charge in [0.15, 0.2) is 5.96 Å². The molecule has 0 aromatic heterocycles. The molecule has 0 bridgehead atoms. The number of ether oxygens (including phenoxy) is 1. The summed E-state index contributed by atoms with van der Waals surface area (Å²) in [4.78, 5) is 15.5. The molecule has 6 nitrogen and oxygen atoms in total. The third kappa shape index (κ3) is 15.2. The molecule has 0 fully saturated rings. The van der Waals surface area contributed by atoms with Gasteiger partial charge in [-0.15, -0.1) is 24.0 Å². The number of rotatable bonds is 6. The first-order valence-electron chi connectivity index (χ1n) is 6.91. The van der Waals surface area contributed by atoms with Crippen LogP contribution in [0.2, 0.25) is 0 Å². The van der Waals surface area contributed by atoms with E-state index in [2.05, 4.69) is 27.0 Å². The van der Waals surface area contributed by atoms with Gasteiger partial charge in [0, 0.05) is 26.7 Å². The lowest BCUT2D eigenvalue weighted by Gasteiger charge is -2.19. The zero-order valence-corrected chi connectivity index (χ0v) is 16.0. The van der Waals surface area contributed by atoms with Gasteiger partial charge in [-0.2, -0.15) is 0 Å². The van der Waals surface area contributed by atoms with Crippen molar-refractivity contribution >= 4 is 36.0 Å². The average molecular weight is 412 g/mol. The second kappa shape index (κ2) is 12.7. The molecule has 0 aliphatic rings. The summed E-state index contributed by atoms with van der Waals surface area (Å²) < 4.78 is 5.13. The van der Waals surface area contributed by atoms with Crippen LogP contribution in [0.5, 0.6) is 0 Å². The molecule has 0 rings (SSSR count). The number of hydrogen-bond donors (Lipinski definition) is 3. The van der Waals surface area contributed by atoms with Crippen molar-refractivity contribution in [1.29, 1.82) is 0 Å². The molecule has 0 aliphatic heterocycles. The first-order chi connectivity index (χ1) is 9.39. The first kappa shape index (κ1) is 22.3. The Morgan fingerprint density at radius 2 is 1.71 bits per heavy atom. The van der Waals surface area contributed by atoms with Crippen molar-refractivity contribution in [2.45, 2.75) is 39.7 Å². The number of halogens is 1. The summed E-state index contributed by atoms with van der Waals surface area (Å²) in [6, 6.07) is 0. The van der Waals surface area contributed by atoms with Crippen LogP contribution in [0.3, 0.4) is 0 Å². The van der Waals surface area contributed by atoms with E-state index in [4.69, 9.17) is 4.74 Å². The van der Waals surface area contributed by atoms with E-state index in [9.17, 15) is 4.79 Å². The molecule has 0 unspecified atom stereocenters. The van der Waals surface area contributed by atoms with Crippen molar-refractivity contribution < 1.29 is 9.53 Å². The monoisotopic (exact) mass is 412 g/mol. The van der Waals surface area contributed by atoms with Crippen molar-refractivity contribution in [3.63, 3.8) is 0 Å². The highest BCUT2D eigenvalue weighted by atomic mass is 127. The molecular weight excluding hydrogens is 383 g/mol. The maximum atomic E-state index is 11.4. The Hall–Kier alpha value is -0.990. The minimum Gasteiger partial charge on any atom is -0.444 e. The maximum absolute atomic E-state index is 11.4. The third-order valence-electron chi connectivity index (χ3n) is 2.15. The highest BCUT2D eigenvalue weighted by molar-refractivity contribution is 14.0. The fourth-order valence-electron chi connectivity index (χ4n) is 1.32. The van der Waals surface area contributed by atoms with E-state index < -0.39 is 11.7 Å². The second-order valence-electron chi connectivity index (χ2n) is 5.21. The number of alkyl carbamates (subject to hydrolysis) is 1. The second-order valence-corrected chi connectivity index (χ2v) is 5.21. The summed E-state index contributed by atoms with van der Waals surface area (Å²) in [6.07, 6.45) is 4.65. The van der Waals surface area contributed by atoms with E-state index in [1.54, 1.807) is 7.05 Å². The average Bonchev–Trinajstić information content (AvgIpc) is 2.34. The maximum Gasteiger partial charge on any atom is 0.407 e. The van der Waals surface area contributed by atoms with Gasteiger partial charge >= 0.3 is 6.09 Å². The molecule has 7 heteroatoms. The summed E-state index contributed by atoms with van der Waals surface area (Å²) in [7, 11) is 1.71. The van der Waals surface area contributed by atoms with E-state index in [-0.39, 0.29) is 24.0 Å². The van der Waals surface area contributed by atoms with Gasteiger partial charge in [-0.3, -0.25) is 4.99 Å². The van der Waals surface area contributed by atoms with Gasteiger partial charge in [0.1, 0.15) is 5.60 Å². The standard InChI is InChI=1S/C14H28N4O2.HI/c1-6-7-8-9-16-12(15-5)17-10-11-18-13(19)20-14(2,3)4;/h6-7H,8-11H2,1-5H3,(H,18,19)(H2,15,16,17);1H/b7-6+;. The SMILES string of the molecule is C/C=C/CCNC(=NC)NCCNC(=O)OC(C)(C)C.I. The number of allylic oxidation sites excluding steroid dienone is 1. The van der Waals surface area contributed by atoms with Crippen molar-refractivity contribution in [2.24, 2.45) is 4.99 Å². The number of carbonyl (C=O) groups excluding carboxylic acids is 1. The summed E-state index contributed by atoms with van der Waals surface area (Å²) in [5.41, 5.74) is -0.470. The Balaban J connectivity index is 0. The molecule has 0 aromatic rings. The van der Waals surface area contributed by atoms with Crippen LogP contribution in [0.4, 0.5) is 4.79 Å². The summed E-state index contributed by atoms with van der Waals surface area (Å²) in [5, 5.41) is 8.96. The van der Waals surface area contributed by atoms with E-state index in [0.29, 0.717) is 13.1 Å². The number of nitrogens with one attached hydrogen (secondary N) is 3. The van der Waals surface area contributed by atoms with Crippen LogP contribution in [0, 0.1) is 0 Å². The summed E-state index contributed by atoms with van der Waals surface area (Å²) in [6.45, 7) is 9.38. The molecular formula is C14H29IN4O2. The molecule has 0 aromatic carbocycles. The molecule has 0 saturated heterocycles. The highest BCUT2D eigenvalue weighted by Crippen LogP contribution is 2.05. The van der Waals surface area contributed by atoms with Crippen LogP contribution in [0.1, 0.15) is 34.1 Å². The number of nitrogens with zero attached hydrogens (tertiary/aromatic N) is 1. The highest BCUT2D eigenvalue weighted by Gasteiger charge is 2.15. The van der Waals surface area contributed by atoms with Crippen molar-refractivity contribution in [3.05, 3.63) is 12.2 Å². The Bertz CT molecular complexity index is 338. The van der Waals surface area contributed by atoms with Crippen LogP contribution in [0.15, 0.2) is 17.1 Å². The Morgan fingerprint density at radius 1 is 1.14 bits per heavy atom. The van der Waals surface area contributed by atoms with Crippen LogP contribution < -0.4 is 16.0 Å². The van der Waals surface area contributed by atoms with Gasteiger partial charge in [-0.25, -0.2) is 4.79 Å². The van der Waals surface area contributed by atoms with Crippen LogP contribution >= 0.6 is 24.0 Å². The number of aliphatic imine (C=N–C) groups is 1. The first-order valence-corrected chi connectivity index (χ1v) is 6.91. The normalized spacial score (nSPS) is 11.8. The van der Waals surface area contributed by atoms with Crippen molar-refractivity contribution in [1.82, 2.24) is 16.0 Å². The van der Waals surface area contributed by atoms with Gasteiger partial charge in [-0.1, -0.05) is 12.2 Å². The number of carbonyl (C=O) groups is 1. The van der Waals surface area contributed by atoms with Gasteiger partial charge in [-0.05, 0) is 34.1 Å². The minimum absolute atomic E-state index is 0. The topological polar surface area (TPSA) is 74.8 Å². The van der Waals surface area contributed by atoms with Gasteiger partial charge in [0.25, 0.3) is 0 Å². The predicted molar refractivity (Wildman–Crippen MR) is 98.4 cm³/mol. The van der Waals surface area contributed by atoms with Crippen LogP contribution in [-0.4, -0.2) is 44.3 Å². The summed E-state index contributed by atoms with van der Waals surface area (Å²) >= 11 is 0. The van der Waals surface area contributed by atoms with E-state index in [1.165, 1.54) is 0 Å². The summed E-state index contributed by atoms with van der Waals surface area (Å²) in [5.74, 6) is 0.723. The molecule has 0 heterocycles. The number of amides is 1. The molecule has 0 atom stereocenters. The fourth-order valence-corrected chi connectivity index (χ4v) is 1.32. The lowest BCUT2D eigenvalue weighted by molar-refractivity contribution is 0.0529. The molecule has 1 amide bonds. The number of hydrogen-bond acceptors (Lipinski definition) is 3. The quantitative estimate of drug-likeness (QED) is 0.206. The minimum atomic E-state index is -0.470. The van der Waals surface area contributed by atoms with Crippen LogP contribution in [-0.2, 0) is 4.74 Å². The molecule has 21 heavy (non-hydrogen) atoms. The van der Waals surface area contributed by atoms with Crippen molar-refractivity contribution in [2.75, 3.05) is 26.7 Å². The fraction of sp³-hybridized carbons (Fsp3) is 0.714. The lowest BCUT2D eigenvalue weighted by atomic mass is 10.2. The molecule has 124 valence electrons. The van der Waals surface area contributed by atoms with Crippen molar-refractivity contribution in [3.8, 4) is 0 Å². The molecule has 0 aliphatic carbocycles. The molecule has 0 radical (unpaired) electrons. The molecule has 0 saturated carbocycles. The molecule has 3 N–H and O–H groups in total. The lowest BCUT2D eigenvalue weighted by Crippen LogP contribution is -2.42. The Kier molecular flexibility index (Phi) is 13.5. The van der Waals surface area contributed by atoms with Gasteiger partial charge in [0.2, 0.25) is 0 Å². The Labute approximate surface area is 145 Å². The largest absolute Gasteiger partial charge is 0.444 e. The van der Waals surface area contributed by atoms with E-state index in [1.807, 2.05) is 33.8 Å². The zero-order valence-electron chi connectivity index (χ0n) is 13.7. The van der Waals surface area contributed by atoms with E-state index in [0.717, 1.165) is 18.9 Å². The Morgan fingerprint density at radius 3 is 2.24 bits per heavy atom. The zero-order chi connectivity index (χ0) is 15.4. The van der Waals surface area contributed by atoms with Gasteiger partial charge < -0.3 is 20.7 Å². The third-order valence-corrected chi connectivity index (χ3v) is 2.15. The number of guanidine groups is 1. The smallest absolute Gasteiger partial charge is 0.407 e. The molecule has 0 spiro atoms. The van der Waals surface area contributed by atoms with Crippen LogP contribution in [0.25, 0.3) is 0 Å².